The highest BCUT2D eigenvalue weighted by atomic mass is 16.3. The Hall–Kier alpha value is -0.570. The van der Waals surface area contributed by atoms with Crippen LogP contribution in [0.25, 0.3) is 0 Å². The Labute approximate surface area is 55.3 Å². The van der Waals surface area contributed by atoms with E-state index < -0.39 is 6.61 Å². The van der Waals surface area contributed by atoms with Crippen LogP contribution < -0.4 is 0 Å². The molecule has 0 aromatic carbocycles. The van der Waals surface area contributed by atoms with Crippen LogP contribution in [0.5, 0.6) is 0 Å². The van der Waals surface area contributed by atoms with E-state index >= 15 is 0 Å². The van der Waals surface area contributed by atoms with Crippen molar-refractivity contribution in [3.8, 4) is 0 Å². The summed E-state index contributed by atoms with van der Waals surface area (Å²) >= 11 is 0. The summed E-state index contributed by atoms with van der Waals surface area (Å²) in [5.74, 6) is -0.306. The first-order valence-electron chi connectivity index (χ1n) is 3.12. The van der Waals surface area contributed by atoms with Crippen molar-refractivity contribution >= 4 is 5.91 Å². The second-order valence-electron chi connectivity index (χ2n) is 1.71. The SMILES string of the molecule is CCN(CC)C(=O)C[O]. The fraction of sp³-hybridized carbons (Fsp3) is 0.833. The largest absolute Gasteiger partial charge is 0.341 e. The molecule has 0 saturated carbocycles. The monoisotopic (exact) mass is 130 g/mol. The van der Waals surface area contributed by atoms with Crippen LogP contribution in [0.4, 0.5) is 0 Å². The standard InChI is InChI=1S/C6H12NO2/c1-3-7(4-2)6(9)5-8/h3-5H2,1-2H3. The smallest absolute Gasteiger partial charge is 0.251 e. The van der Waals surface area contributed by atoms with Crippen LogP contribution in [0.1, 0.15) is 13.8 Å². The predicted octanol–water partition coefficient (Wildman–Crippen LogP) is 0.285. The molecule has 0 aliphatic rings. The maximum Gasteiger partial charge on any atom is 0.251 e. The van der Waals surface area contributed by atoms with E-state index in [0.717, 1.165) is 0 Å². The average molecular weight is 130 g/mol. The molecule has 3 heteroatoms. The fourth-order valence-electron chi connectivity index (χ4n) is 0.668. The van der Waals surface area contributed by atoms with Gasteiger partial charge in [0.1, 0.15) is 0 Å². The van der Waals surface area contributed by atoms with E-state index in [0.29, 0.717) is 13.1 Å². The number of hydrogen-bond acceptors (Lipinski definition) is 1. The van der Waals surface area contributed by atoms with Gasteiger partial charge in [-0.05, 0) is 13.8 Å². The minimum Gasteiger partial charge on any atom is -0.341 e. The summed E-state index contributed by atoms with van der Waals surface area (Å²) in [6.07, 6.45) is 0. The van der Waals surface area contributed by atoms with Gasteiger partial charge in [-0.15, -0.1) is 0 Å². The molecule has 0 rings (SSSR count). The van der Waals surface area contributed by atoms with Gasteiger partial charge in [0.25, 0.3) is 5.91 Å². The van der Waals surface area contributed by atoms with Crippen molar-refractivity contribution in [3.05, 3.63) is 0 Å². The van der Waals surface area contributed by atoms with Crippen LogP contribution in [0, 0.1) is 0 Å². The van der Waals surface area contributed by atoms with Gasteiger partial charge in [0.15, 0.2) is 6.61 Å². The number of carbonyl (C=O) groups is 1. The Balaban J connectivity index is 3.64. The third kappa shape index (κ3) is 2.46. The Morgan fingerprint density at radius 3 is 1.89 bits per heavy atom. The quantitative estimate of drug-likeness (QED) is 0.541. The van der Waals surface area contributed by atoms with E-state index in [1.165, 1.54) is 4.90 Å². The summed E-state index contributed by atoms with van der Waals surface area (Å²) < 4.78 is 0. The maximum absolute atomic E-state index is 10.6. The van der Waals surface area contributed by atoms with Crippen LogP contribution in [0.15, 0.2) is 0 Å². The summed E-state index contributed by atoms with van der Waals surface area (Å²) in [4.78, 5) is 12.1. The fourth-order valence-corrected chi connectivity index (χ4v) is 0.668. The molecule has 0 unspecified atom stereocenters. The summed E-state index contributed by atoms with van der Waals surface area (Å²) in [5.41, 5.74) is 0. The van der Waals surface area contributed by atoms with Crippen molar-refractivity contribution in [2.45, 2.75) is 13.8 Å². The van der Waals surface area contributed by atoms with Crippen molar-refractivity contribution in [1.82, 2.24) is 4.90 Å². The second-order valence-corrected chi connectivity index (χ2v) is 1.71. The molecule has 0 heterocycles. The van der Waals surface area contributed by atoms with Crippen LogP contribution in [-0.4, -0.2) is 30.5 Å². The van der Waals surface area contributed by atoms with Crippen LogP contribution in [-0.2, 0) is 9.90 Å². The van der Waals surface area contributed by atoms with Gasteiger partial charge in [0.05, 0.1) is 0 Å². The maximum atomic E-state index is 10.6. The van der Waals surface area contributed by atoms with Gasteiger partial charge < -0.3 is 4.90 Å². The van der Waals surface area contributed by atoms with Gasteiger partial charge in [0, 0.05) is 13.1 Å². The lowest BCUT2D eigenvalue weighted by atomic mass is 10.5. The molecule has 0 aromatic rings. The van der Waals surface area contributed by atoms with E-state index in [-0.39, 0.29) is 5.91 Å². The Morgan fingerprint density at radius 1 is 1.33 bits per heavy atom. The van der Waals surface area contributed by atoms with E-state index in [9.17, 15) is 9.90 Å². The van der Waals surface area contributed by atoms with Gasteiger partial charge in [-0.1, -0.05) is 0 Å². The van der Waals surface area contributed by atoms with Gasteiger partial charge >= 0.3 is 0 Å². The Bertz CT molecular complexity index is 89.1. The molecular weight excluding hydrogens is 118 g/mol. The zero-order valence-corrected chi connectivity index (χ0v) is 5.89. The molecule has 1 radical (unpaired) electrons. The van der Waals surface area contributed by atoms with Gasteiger partial charge in [-0.3, -0.25) is 4.79 Å². The molecule has 0 spiro atoms. The van der Waals surface area contributed by atoms with E-state index in [1.807, 2.05) is 13.8 Å². The normalized spacial score (nSPS) is 9.22. The number of amides is 1. The molecule has 9 heavy (non-hydrogen) atoms. The highest BCUT2D eigenvalue weighted by Gasteiger charge is 2.06. The van der Waals surface area contributed by atoms with Crippen molar-refractivity contribution in [2.24, 2.45) is 0 Å². The van der Waals surface area contributed by atoms with Gasteiger partial charge in [0.2, 0.25) is 0 Å². The lowest BCUT2D eigenvalue weighted by Gasteiger charge is -2.15. The molecule has 1 amide bonds. The number of likely N-dealkylation sites (N-methyl/N-ethyl adjacent to an activating group) is 1. The third-order valence-corrected chi connectivity index (χ3v) is 1.24. The molecule has 0 aliphatic carbocycles. The molecule has 0 fully saturated rings. The average Bonchev–Trinajstić information content (AvgIpc) is 1.90. The molecule has 3 nitrogen and oxygen atoms in total. The minimum atomic E-state index is -0.623. The van der Waals surface area contributed by atoms with Gasteiger partial charge in [-0.25, -0.2) is 5.11 Å². The van der Waals surface area contributed by atoms with Crippen molar-refractivity contribution in [3.63, 3.8) is 0 Å². The van der Waals surface area contributed by atoms with Crippen molar-refractivity contribution < 1.29 is 9.90 Å². The molecule has 0 atom stereocenters. The number of carbonyl (C=O) groups excluding carboxylic acids is 1. The second kappa shape index (κ2) is 4.32. The van der Waals surface area contributed by atoms with Crippen LogP contribution >= 0.6 is 0 Å². The van der Waals surface area contributed by atoms with Crippen LogP contribution in [0.3, 0.4) is 0 Å². The first-order chi connectivity index (χ1) is 4.26. The van der Waals surface area contributed by atoms with Gasteiger partial charge in [-0.2, -0.15) is 0 Å². The molecule has 0 aliphatic heterocycles. The number of nitrogens with zero attached hydrogens (tertiary/aromatic N) is 1. The Kier molecular flexibility index (Phi) is 4.05. The zero-order valence-electron chi connectivity index (χ0n) is 5.89. The van der Waals surface area contributed by atoms with E-state index in [1.54, 1.807) is 0 Å². The van der Waals surface area contributed by atoms with Crippen molar-refractivity contribution in [1.29, 1.82) is 0 Å². The summed E-state index contributed by atoms with van der Waals surface area (Å²) in [5, 5.41) is 10.00. The number of hydrogen-bond donors (Lipinski definition) is 0. The summed E-state index contributed by atoms with van der Waals surface area (Å²) in [7, 11) is 0. The molecule has 0 saturated heterocycles. The topological polar surface area (TPSA) is 40.2 Å². The van der Waals surface area contributed by atoms with E-state index in [2.05, 4.69) is 0 Å². The third-order valence-electron chi connectivity index (χ3n) is 1.24. The lowest BCUT2D eigenvalue weighted by Crippen LogP contribution is -2.32. The first kappa shape index (κ1) is 8.43. The minimum absolute atomic E-state index is 0.306. The van der Waals surface area contributed by atoms with E-state index in [4.69, 9.17) is 0 Å². The Morgan fingerprint density at radius 2 is 1.78 bits per heavy atom. The molecule has 0 bridgehead atoms. The first-order valence-corrected chi connectivity index (χ1v) is 3.12. The van der Waals surface area contributed by atoms with Crippen molar-refractivity contribution in [2.75, 3.05) is 19.7 Å². The molecule has 53 valence electrons. The zero-order chi connectivity index (χ0) is 7.28. The lowest BCUT2D eigenvalue weighted by molar-refractivity contribution is -0.135. The molecular formula is C6H12NO2. The molecule has 0 N–H and O–H groups in total. The summed E-state index contributed by atoms with van der Waals surface area (Å²) in [6.45, 7) is 4.37. The molecule has 0 aromatic heterocycles. The predicted molar refractivity (Wildman–Crippen MR) is 33.5 cm³/mol. The highest BCUT2D eigenvalue weighted by Crippen LogP contribution is 1.86. The van der Waals surface area contributed by atoms with Crippen LogP contribution in [0.2, 0.25) is 0 Å². The highest BCUT2D eigenvalue weighted by molar-refractivity contribution is 5.76. The number of rotatable bonds is 3. The summed E-state index contributed by atoms with van der Waals surface area (Å²) in [6, 6.07) is 0.